The predicted octanol–water partition coefficient (Wildman–Crippen LogP) is 5.16. The fourth-order valence-corrected chi connectivity index (χ4v) is 4.52. The van der Waals surface area contributed by atoms with Gasteiger partial charge in [0, 0.05) is 5.56 Å². The topological polar surface area (TPSA) is 86.1 Å². The zero-order valence-corrected chi connectivity index (χ0v) is 16.2. The smallest absolute Gasteiger partial charge is 0.260 e. The fraction of sp³-hybridized carbons (Fsp3) is 0.0476. The first kappa shape index (κ1) is 18.1. The van der Waals surface area contributed by atoms with Crippen molar-refractivity contribution in [1.29, 1.82) is 5.26 Å². The van der Waals surface area contributed by atoms with Gasteiger partial charge < -0.3 is 14.8 Å². The van der Waals surface area contributed by atoms with E-state index in [4.69, 9.17) is 21.6 Å². The van der Waals surface area contributed by atoms with Gasteiger partial charge in [-0.2, -0.15) is 5.26 Å². The number of fused-ring (bicyclic) bond motifs is 1. The van der Waals surface area contributed by atoms with Gasteiger partial charge in [-0.15, -0.1) is 11.3 Å². The Labute approximate surface area is 169 Å². The Hall–Kier alpha value is -3.27. The molecule has 0 saturated carbocycles. The number of aromatic hydroxyl groups is 1. The highest BCUT2D eigenvalue weighted by Crippen LogP contribution is 2.46. The number of halogens is 1. The molecule has 138 valence electrons. The zero-order chi connectivity index (χ0) is 19.8. The van der Waals surface area contributed by atoms with Crippen LogP contribution in [0.15, 0.2) is 53.3 Å². The highest BCUT2D eigenvalue weighted by atomic mass is 35.5. The van der Waals surface area contributed by atoms with Crippen LogP contribution in [0.4, 0.5) is 0 Å². The molecule has 0 radical (unpaired) electrons. The first-order chi connectivity index (χ1) is 13.5. The average molecular weight is 409 g/mol. The molecule has 0 aliphatic rings. The third-order valence-corrected chi connectivity index (χ3v) is 5.77. The summed E-state index contributed by atoms with van der Waals surface area (Å²) in [7, 11) is 1.58. The van der Waals surface area contributed by atoms with Crippen molar-refractivity contribution in [1.82, 2.24) is 4.98 Å². The Kier molecular flexibility index (Phi) is 4.55. The SMILES string of the molecule is COc1ccc(-c2c(Cl)sc3[nH]c(=O)c(-c4cccc(C#N)c4)c(O)c23)cc1. The zero-order valence-electron chi connectivity index (χ0n) is 14.6. The van der Waals surface area contributed by atoms with Crippen LogP contribution in [0.5, 0.6) is 11.5 Å². The van der Waals surface area contributed by atoms with Crippen LogP contribution < -0.4 is 10.3 Å². The van der Waals surface area contributed by atoms with Crippen LogP contribution in [0.25, 0.3) is 32.5 Å². The number of methoxy groups -OCH3 is 1. The summed E-state index contributed by atoms with van der Waals surface area (Å²) in [6, 6.07) is 15.9. The van der Waals surface area contributed by atoms with Crippen molar-refractivity contribution in [2.45, 2.75) is 0 Å². The molecule has 0 aliphatic heterocycles. The second kappa shape index (κ2) is 7.04. The molecule has 2 N–H and O–H groups in total. The van der Waals surface area contributed by atoms with E-state index in [1.807, 2.05) is 18.2 Å². The lowest BCUT2D eigenvalue weighted by Crippen LogP contribution is -2.08. The van der Waals surface area contributed by atoms with E-state index in [1.165, 1.54) is 11.3 Å². The Morgan fingerprint density at radius 2 is 1.89 bits per heavy atom. The Morgan fingerprint density at radius 3 is 2.57 bits per heavy atom. The molecule has 2 aromatic heterocycles. The number of rotatable bonds is 3. The Morgan fingerprint density at radius 1 is 1.14 bits per heavy atom. The highest BCUT2D eigenvalue weighted by molar-refractivity contribution is 7.23. The van der Waals surface area contributed by atoms with Crippen molar-refractivity contribution in [2.75, 3.05) is 7.11 Å². The van der Waals surface area contributed by atoms with Crippen molar-refractivity contribution in [3.05, 3.63) is 68.8 Å². The molecule has 0 saturated heterocycles. The third-order valence-electron chi connectivity index (χ3n) is 4.45. The lowest BCUT2D eigenvalue weighted by Gasteiger charge is -2.08. The molecule has 0 bridgehead atoms. The number of H-pyrrole nitrogens is 1. The lowest BCUT2D eigenvalue weighted by molar-refractivity contribution is 0.415. The number of hydrogen-bond donors (Lipinski definition) is 2. The Bertz CT molecular complexity index is 1300. The molecule has 28 heavy (non-hydrogen) atoms. The molecule has 7 heteroatoms. The van der Waals surface area contributed by atoms with Gasteiger partial charge in [0.05, 0.1) is 29.7 Å². The summed E-state index contributed by atoms with van der Waals surface area (Å²) in [5.74, 6) is 0.536. The average Bonchev–Trinajstić information content (AvgIpc) is 3.04. The number of nitrogens with zero attached hydrogens (tertiary/aromatic N) is 1. The van der Waals surface area contributed by atoms with E-state index in [-0.39, 0.29) is 11.3 Å². The standard InChI is InChI=1S/C21H13ClN2O3S/c1-27-14-7-5-12(6-8-14)15-17-18(25)16(13-4-2-3-11(9-13)10-23)20(26)24-21(17)28-19(15)22/h2-9H,1H3,(H2,24,25,26). The number of nitrogens with one attached hydrogen (secondary N) is 1. The molecular weight excluding hydrogens is 396 g/mol. The van der Waals surface area contributed by atoms with Gasteiger partial charge in [0.15, 0.2) is 0 Å². The number of aromatic nitrogens is 1. The summed E-state index contributed by atoms with van der Waals surface area (Å²) in [6.45, 7) is 0. The van der Waals surface area contributed by atoms with E-state index in [0.29, 0.717) is 37.0 Å². The molecule has 0 unspecified atom stereocenters. The normalized spacial score (nSPS) is 10.8. The molecule has 0 spiro atoms. The van der Waals surface area contributed by atoms with Crippen LogP contribution >= 0.6 is 22.9 Å². The molecule has 2 aromatic carbocycles. The second-order valence-electron chi connectivity index (χ2n) is 6.05. The van der Waals surface area contributed by atoms with E-state index in [0.717, 1.165) is 5.56 Å². The summed E-state index contributed by atoms with van der Waals surface area (Å²) in [4.78, 5) is 15.9. The maximum Gasteiger partial charge on any atom is 0.260 e. The summed E-state index contributed by atoms with van der Waals surface area (Å²) >= 11 is 7.65. The van der Waals surface area contributed by atoms with E-state index in [1.54, 1.807) is 43.5 Å². The van der Waals surface area contributed by atoms with Gasteiger partial charge in [-0.25, -0.2) is 0 Å². The van der Waals surface area contributed by atoms with Gasteiger partial charge in [-0.1, -0.05) is 35.9 Å². The number of ether oxygens (including phenoxy) is 1. The molecule has 5 nitrogen and oxygen atoms in total. The van der Waals surface area contributed by atoms with Gasteiger partial charge in [-0.05, 0) is 35.4 Å². The second-order valence-corrected chi connectivity index (χ2v) is 7.68. The molecule has 2 heterocycles. The molecule has 0 fully saturated rings. The maximum absolute atomic E-state index is 12.6. The highest BCUT2D eigenvalue weighted by Gasteiger charge is 2.22. The van der Waals surface area contributed by atoms with Crippen LogP contribution in [-0.4, -0.2) is 17.2 Å². The quantitative estimate of drug-likeness (QED) is 0.490. The van der Waals surface area contributed by atoms with E-state index >= 15 is 0 Å². The molecule has 0 atom stereocenters. The van der Waals surface area contributed by atoms with Gasteiger partial charge in [-0.3, -0.25) is 4.79 Å². The van der Waals surface area contributed by atoms with Gasteiger partial charge in [0.25, 0.3) is 5.56 Å². The lowest BCUT2D eigenvalue weighted by atomic mass is 9.99. The van der Waals surface area contributed by atoms with E-state index in [9.17, 15) is 9.90 Å². The number of thiophene rings is 1. The maximum atomic E-state index is 12.6. The third kappa shape index (κ3) is 2.91. The number of nitriles is 1. The molecule has 0 amide bonds. The molecule has 4 rings (SSSR count). The summed E-state index contributed by atoms with van der Waals surface area (Å²) < 4.78 is 5.64. The largest absolute Gasteiger partial charge is 0.506 e. The molecular formula is C21H13ClN2O3S. The number of aromatic amines is 1. The van der Waals surface area contributed by atoms with Gasteiger partial charge in [0.1, 0.15) is 20.7 Å². The number of benzene rings is 2. The van der Waals surface area contributed by atoms with Crippen LogP contribution in [0.1, 0.15) is 5.56 Å². The van der Waals surface area contributed by atoms with Crippen LogP contribution in [-0.2, 0) is 0 Å². The number of hydrogen-bond acceptors (Lipinski definition) is 5. The van der Waals surface area contributed by atoms with E-state index in [2.05, 4.69) is 4.98 Å². The fourth-order valence-electron chi connectivity index (χ4n) is 3.14. The summed E-state index contributed by atoms with van der Waals surface area (Å²) in [6.07, 6.45) is 0. The van der Waals surface area contributed by atoms with Crippen LogP contribution in [0, 0.1) is 11.3 Å². The van der Waals surface area contributed by atoms with Gasteiger partial charge >= 0.3 is 0 Å². The van der Waals surface area contributed by atoms with Crippen molar-refractivity contribution < 1.29 is 9.84 Å². The summed E-state index contributed by atoms with van der Waals surface area (Å²) in [5.41, 5.74) is 1.94. The molecule has 0 aliphatic carbocycles. The minimum absolute atomic E-state index is 0.105. The summed E-state index contributed by atoms with van der Waals surface area (Å²) in [5, 5.41) is 20.6. The van der Waals surface area contributed by atoms with Crippen LogP contribution in [0.3, 0.4) is 0 Å². The minimum atomic E-state index is -0.445. The van der Waals surface area contributed by atoms with E-state index < -0.39 is 5.56 Å². The van der Waals surface area contributed by atoms with Crippen molar-refractivity contribution in [2.24, 2.45) is 0 Å². The first-order valence-corrected chi connectivity index (χ1v) is 9.45. The van der Waals surface area contributed by atoms with Gasteiger partial charge in [0.2, 0.25) is 0 Å². The number of pyridine rings is 1. The van der Waals surface area contributed by atoms with Crippen molar-refractivity contribution in [3.63, 3.8) is 0 Å². The predicted molar refractivity (Wildman–Crippen MR) is 111 cm³/mol. The monoisotopic (exact) mass is 408 g/mol. The minimum Gasteiger partial charge on any atom is -0.506 e. The Balaban J connectivity index is 2.02. The van der Waals surface area contributed by atoms with Crippen molar-refractivity contribution in [3.8, 4) is 39.8 Å². The molecule has 4 aromatic rings. The van der Waals surface area contributed by atoms with Crippen molar-refractivity contribution >= 4 is 33.2 Å². The van der Waals surface area contributed by atoms with Crippen LogP contribution in [0.2, 0.25) is 4.34 Å². The first-order valence-electron chi connectivity index (χ1n) is 8.25.